The van der Waals surface area contributed by atoms with Crippen molar-refractivity contribution in [2.45, 2.75) is 17.5 Å². The van der Waals surface area contributed by atoms with Gasteiger partial charge >= 0.3 is 6.61 Å². The minimum atomic E-state index is -2.90. The van der Waals surface area contributed by atoms with Gasteiger partial charge < -0.3 is 14.5 Å². The zero-order valence-electron chi connectivity index (χ0n) is 12.5. The molecule has 3 rings (SSSR count). The van der Waals surface area contributed by atoms with E-state index in [1.54, 1.807) is 18.3 Å². The smallest absolute Gasteiger partial charge is 0.387 e. The highest BCUT2D eigenvalue weighted by atomic mass is 32.2. The van der Waals surface area contributed by atoms with Crippen LogP contribution in [-0.2, 0) is 16.6 Å². The number of hydrogen-bond acceptors (Lipinski definition) is 5. The van der Waals surface area contributed by atoms with Gasteiger partial charge in [-0.1, -0.05) is 0 Å². The van der Waals surface area contributed by atoms with Crippen molar-refractivity contribution >= 4 is 21.8 Å². The summed E-state index contributed by atoms with van der Waals surface area (Å²) in [4.78, 5) is 11.2. The highest BCUT2D eigenvalue weighted by molar-refractivity contribution is 7.84. The number of H-pyrrole nitrogens is 1. The molecule has 0 saturated carbocycles. The van der Waals surface area contributed by atoms with Gasteiger partial charge in [-0.05, 0) is 18.2 Å². The number of methoxy groups -OCH3 is 1. The summed E-state index contributed by atoms with van der Waals surface area (Å²) in [5.41, 5.74) is 1.57. The molecule has 0 unspecified atom stereocenters. The van der Waals surface area contributed by atoms with E-state index in [0.29, 0.717) is 22.5 Å². The molecule has 24 heavy (non-hydrogen) atoms. The molecule has 3 aromatic rings. The number of nitrogens with one attached hydrogen (secondary N) is 1. The molecule has 0 saturated heterocycles. The maximum Gasteiger partial charge on any atom is 0.387 e. The largest absolute Gasteiger partial charge is 0.497 e. The van der Waals surface area contributed by atoms with Gasteiger partial charge in [-0.15, -0.1) is 0 Å². The molecule has 0 fully saturated rings. The summed E-state index contributed by atoms with van der Waals surface area (Å²) < 4.78 is 46.3. The van der Waals surface area contributed by atoms with Gasteiger partial charge in [0.2, 0.25) is 0 Å². The predicted molar refractivity (Wildman–Crippen MR) is 83.6 cm³/mol. The zero-order valence-corrected chi connectivity index (χ0v) is 13.3. The van der Waals surface area contributed by atoms with E-state index in [1.807, 2.05) is 0 Å². The first-order chi connectivity index (χ1) is 11.5. The van der Waals surface area contributed by atoms with Gasteiger partial charge in [0.05, 0.1) is 40.4 Å². The number of benzene rings is 1. The van der Waals surface area contributed by atoms with E-state index in [-0.39, 0.29) is 16.7 Å². The van der Waals surface area contributed by atoms with Crippen LogP contribution in [0.25, 0.3) is 11.0 Å². The molecule has 0 aliphatic carbocycles. The second kappa shape index (κ2) is 6.91. The first kappa shape index (κ1) is 16.3. The fourth-order valence-corrected chi connectivity index (χ4v) is 3.10. The van der Waals surface area contributed by atoms with E-state index in [4.69, 9.17) is 4.74 Å². The summed E-state index contributed by atoms with van der Waals surface area (Å²) in [6, 6.07) is 7.67. The van der Waals surface area contributed by atoms with Crippen molar-refractivity contribution in [3.05, 3.63) is 42.2 Å². The van der Waals surface area contributed by atoms with Gasteiger partial charge in [-0.25, -0.2) is 4.98 Å². The number of aromatic amines is 1. The predicted octanol–water partition coefficient (Wildman–Crippen LogP) is 2.88. The van der Waals surface area contributed by atoms with Crippen LogP contribution in [0.5, 0.6) is 11.5 Å². The van der Waals surface area contributed by atoms with Gasteiger partial charge in [0.1, 0.15) is 11.5 Å². The van der Waals surface area contributed by atoms with Crippen molar-refractivity contribution in [2.24, 2.45) is 0 Å². The fraction of sp³-hybridized carbons (Fsp3) is 0.200. The van der Waals surface area contributed by atoms with Gasteiger partial charge in [-0.2, -0.15) is 8.78 Å². The Balaban J connectivity index is 1.81. The highest BCUT2D eigenvalue weighted by Gasteiger charge is 2.13. The van der Waals surface area contributed by atoms with Crippen LogP contribution >= 0.6 is 0 Å². The summed E-state index contributed by atoms with van der Waals surface area (Å²) in [6.45, 7) is -2.90. The lowest BCUT2D eigenvalue weighted by molar-refractivity contribution is -0.0497. The Hall–Kier alpha value is -2.55. The Morgan fingerprint density at radius 3 is 2.83 bits per heavy atom. The van der Waals surface area contributed by atoms with Crippen LogP contribution < -0.4 is 9.47 Å². The number of halogens is 2. The van der Waals surface area contributed by atoms with Crippen LogP contribution in [0.3, 0.4) is 0 Å². The molecule has 1 atom stereocenters. The molecule has 1 aromatic carbocycles. The van der Waals surface area contributed by atoms with Crippen LogP contribution in [0.15, 0.2) is 41.7 Å². The molecule has 0 amide bonds. The Morgan fingerprint density at radius 2 is 2.08 bits per heavy atom. The lowest BCUT2D eigenvalue weighted by Crippen LogP contribution is -2.01. The van der Waals surface area contributed by atoms with Crippen molar-refractivity contribution in [3.8, 4) is 11.5 Å². The Kier molecular flexibility index (Phi) is 4.70. The molecule has 2 heterocycles. The van der Waals surface area contributed by atoms with Crippen molar-refractivity contribution < 1.29 is 22.5 Å². The first-order valence-electron chi connectivity index (χ1n) is 6.87. The zero-order chi connectivity index (χ0) is 17.1. The monoisotopic (exact) mass is 353 g/mol. The average molecular weight is 353 g/mol. The molecule has 6 nitrogen and oxygen atoms in total. The van der Waals surface area contributed by atoms with Crippen molar-refractivity contribution in [1.82, 2.24) is 15.0 Å². The molecular weight excluding hydrogens is 340 g/mol. The van der Waals surface area contributed by atoms with Crippen molar-refractivity contribution in [1.29, 1.82) is 0 Å². The molecule has 0 aliphatic rings. The van der Waals surface area contributed by atoms with Crippen LogP contribution in [0.2, 0.25) is 0 Å². The molecule has 0 radical (unpaired) electrons. The number of pyridine rings is 1. The molecule has 1 N–H and O–H groups in total. The van der Waals surface area contributed by atoms with Crippen molar-refractivity contribution in [3.63, 3.8) is 0 Å². The Morgan fingerprint density at radius 1 is 1.25 bits per heavy atom. The molecule has 2 aromatic heterocycles. The maximum atomic E-state index is 12.4. The van der Waals surface area contributed by atoms with Gasteiger partial charge in [-0.3, -0.25) is 9.19 Å². The van der Waals surface area contributed by atoms with E-state index in [2.05, 4.69) is 19.7 Å². The van der Waals surface area contributed by atoms with Crippen LogP contribution in [0.4, 0.5) is 8.78 Å². The first-order valence-corrected chi connectivity index (χ1v) is 8.19. The van der Waals surface area contributed by atoms with Gasteiger partial charge in [0.25, 0.3) is 0 Å². The number of rotatable bonds is 6. The molecule has 0 bridgehead atoms. The number of aromatic nitrogens is 3. The number of imidazole rings is 1. The standard InChI is InChI=1S/C15H13F2N3O3S/c1-22-10-4-5-18-9(6-10)8-24(21)15-19-12-3-2-11(23-14(16)17)7-13(12)20-15/h2-7,14H,8H2,1H3,(H,19,20)/t24-/m0/s1. The Bertz CT molecular complexity index is 885. The topological polar surface area (TPSA) is 77.1 Å². The number of ether oxygens (including phenoxy) is 2. The van der Waals surface area contributed by atoms with E-state index in [1.165, 1.54) is 25.3 Å². The van der Waals surface area contributed by atoms with E-state index >= 15 is 0 Å². The number of nitrogens with zero attached hydrogens (tertiary/aromatic N) is 2. The second-order valence-electron chi connectivity index (χ2n) is 4.78. The minimum Gasteiger partial charge on any atom is -0.497 e. The van der Waals surface area contributed by atoms with Crippen LogP contribution in [-0.4, -0.2) is 32.9 Å². The van der Waals surface area contributed by atoms with E-state index < -0.39 is 17.4 Å². The molecule has 9 heteroatoms. The summed E-state index contributed by atoms with van der Waals surface area (Å²) in [6.07, 6.45) is 1.57. The molecule has 126 valence electrons. The third-order valence-corrected chi connectivity index (χ3v) is 4.36. The van der Waals surface area contributed by atoms with E-state index in [0.717, 1.165) is 0 Å². The molecule has 0 aliphatic heterocycles. The summed E-state index contributed by atoms with van der Waals surface area (Å²) >= 11 is 0. The third kappa shape index (κ3) is 3.67. The van der Waals surface area contributed by atoms with Gasteiger partial charge in [0.15, 0.2) is 5.16 Å². The highest BCUT2D eigenvalue weighted by Crippen LogP contribution is 2.22. The minimum absolute atomic E-state index is 0.00736. The average Bonchev–Trinajstić information content (AvgIpc) is 2.98. The van der Waals surface area contributed by atoms with E-state index in [9.17, 15) is 13.0 Å². The third-order valence-electron chi connectivity index (χ3n) is 3.18. The molecule has 0 spiro atoms. The quantitative estimate of drug-likeness (QED) is 0.737. The summed E-state index contributed by atoms with van der Waals surface area (Å²) in [5, 5.41) is 0.240. The maximum absolute atomic E-state index is 12.4. The number of fused-ring (bicyclic) bond motifs is 1. The summed E-state index contributed by atoms with van der Waals surface area (Å²) in [5.74, 6) is 0.778. The van der Waals surface area contributed by atoms with Crippen LogP contribution in [0, 0.1) is 0 Å². The van der Waals surface area contributed by atoms with Gasteiger partial charge in [0, 0.05) is 18.3 Å². The summed E-state index contributed by atoms with van der Waals surface area (Å²) in [7, 11) is 0.0678. The fourth-order valence-electron chi connectivity index (χ4n) is 2.11. The molecular formula is C15H13F2N3O3S. The van der Waals surface area contributed by atoms with Crippen LogP contribution in [0.1, 0.15) is 5.69 Å². The SMILES string of the molecule is COc1ccnc(C[S@](=O)c2nc3ccc(OC(F)F)cc3[nH]2)c1. The number of hydrogen-bond donors (Lipinski definition) is 1. The second-order valence-corrected chi connectivity index (χ2v) is 6.14. The van der Waals surface area contributed by atoms with Crippen molar-refractivity contribution in [2.75, 3.05) is 7.11 Å². The number of alkyl halides is 2. The Labute approximate surface area is 138 Å². The lowest BCUT2D eigenvalue weighted by atomic mass is 10.3. The normalized spacial score (nSPS) is 12.5. The lowest BCUT2D eigenvalue weighted by Gasteiger charge is -2.02.